The Bertz CT molecular complexity index is 1630. The summed E-state index contributed by atoms with van der Waals surface area (Å²) in [4.78, 5) is 43.2. The Kier molecular flexibility index (Phi) is 7.01. The minimum absolute atomic E-state index is 0.00842. The van der Waals surface area contributed by atoms with Gasteiger partial charge < -0.3 is 15.4 Å². The van der Waals surface area contributed by atoms with Crippen LogP contribution in [0.1, 0.15) is 37.7 Å². The van der Waals surface area contributed by atoms with Crippen LogP contribution in [0.5, 0.6) is 0 Å². The van der Waals surface area contributed by atoms with Crippen LogP contribution < -0.4 is 10.9 Å². The molecule has 13 heteroatoms. The first-order valence-corrected chi connectivity index (χ1v) is 11.7. The van der Waals surface area contributed by atoms with Gasteiger partial charge in [0.2, 0.25) is 0 Å². The molecule has 0 aliphatic rings. The molecule has 186 valence electrons. The Balaban J connectivity index is 0.000000556. The average Bonchev–Trinajstić information content (AvgIpc) is 3.49. The Hall–Kier alpha value is -4.26. The van der Waals surface area contributed by atoms with E-state index in [9.17, 15) is 18.4 Å². The second-order valence-corrected chi connectivity index (χ2v) is 8.55. The number of carbonyl (C=O) groups is 1. The van der Waals surface area contributed by atoms with Gasteiger partial charge in [-0.3, -0.25) is 14.0 Å². The van der Waals surface area contributed by atoms with E-state index in [1.807, 2.05) is 0 Å². The summed E-state index contributed by atoms with van der Waals surface area (Å²) in [5.74, 6) is -2.43. The number of aromatic nitrogens is 6. The van der Waals surface area contributed by atoms with Gasteiger partial charge in [0.25, 0.3) is 5.56 Å². The zero-order chi connectivity index (χ0) is 26.0. The number of rotatable bonds is 5. The number of aliphatic carboxylic acids is 1. The SMILES string of the molecule is CCC(=O)O.Cc1csc2nc(C(C)Nc3ncnc4nc[nH]c34)c(-c3cccc(F)c3F)c(=O)n12. The average molecular weight is 514 g/mol. The highest BCUT2D eigenvalue weighted by atomic mass is 32.1. The normalized spacial score (nSPS) is 11.8. The van der Waals surface area contributed by atoms with E-state index in [-0.39, 0.29) is 23.2 Å². The molecule has 4 aromatic heterocycles. The highest BCUT2D eigenvalue weighted by molar-refractivity contribution is 7.15. The molecule has 0 fully saturated rings. The maximum Gasteiger partial charge on any atom is 0.303 e. The number of benzene rings is 1. The molecule has 1 atom stereocenters. The van der Waals surface area contributed by atoms with Crippen LogP contribution in [0.4, 0.5) is 14.6 Å². The van der Waals surface area contributed by atoms with Crippen molar-refractivity contribution in [3.8, 4) is 11.1 Å². The number of carboxylic acids is 1. The van der Waals surface area contributed by atoms with Crippen molar-refractivity contribution >= 4 is 39.2 Å². The van der Waals surface area contributed by atoms with Gasteiger partial charge in [0, 0.05) is 23.1 Å². The first-order valence-electron chi connectivity index (χ1n) is 10.8. The topological polar surface area (TPSA) is 138 Å². The minimum atomic E-state index is -1.10. The van der Waals surface area contributed by atoms with Crippen molar-refractivity contribution in [1.29, 1.82) is 0 Å². The maximum atomic E-state index is 14.7. The van der Waals surface area contributed by atoms with Crippen molar-refractivity contribution in [3.63, 3.8) is 0 Å². The van der Waals surface area contributed by atoms with E-state index in [1.165, 1.54) is 40.5 Å². The third-order valence-corrected chi connectivity index (χ3v) is 6.22. The highest BCUT2D eigenvalue weighted by Crippen LogP contribution is 2.31. The quantitative estimate of drug-likeness (QED) is 0.316. The summed E-state index contributed by atoms with van der Waals surface area (Å²) >= 11 is 1.30. The molecular weight excluding hydrogens is 492 g/mol. The van der Waals surface area contributed by atoms with Crippen molar-refractivity contribution in [1.82, 2.24) is 29.3 Å². The van der Waals surface area contributed by atoms with Crippen molar-refractivity contribution in [2.75, 3.05) is 5.32 Å². The molecule has 4 heterocycles. The molecule has 36 heavy (non-hydrogen) atoms. The van der Waals surface area contributed by atoms with Gasteiger partial charge in [-0.25, -0.2) is 28.7 Å². The summed E-state index contributed by atoms with van der Waals surface area (Å²) in [5, 5.41) is 12.7. The zero-order valence-electron chi connectivity index (χ0n) is 19.4. The smallest absolute Gasteiger partial charge is 0.303 e. The van der Waals surface area contributed by atoms with Gasteiger partial charge in [0.05, 0.1) is 23.6 Å². The first-order chi connectivity index (χ1) is 17.2. The van der Waals surface area contributed by atoms with Gasteiger partial charge in [-0.2, -0.15) is 0 Å². The van der Waals surface area contributed by atoms with Crippen LogP contribution in [0.3, 0.4) is 0 Å². The number of imidazole rings is 1. The molecule has 1 aromatic carbocycles. The number of aryl methyl sites for hydroxylation is 1. The number of fused-ring (bicyclic) bond motifs is 2. The monoisotopic (exact) mass is 513 g/mol. The van der Waals surface area contributed by atoms with Crippen LogP contribution in [0.25, 0.3) is 27.3 Å². The number of nitrogens with one attached hydrogen (secondary N) is 2. The van der Waals surface area contributed by atoms with E-state index >= 15 is 0 Å². The van der Waals surface area contributed by atoms with Crippen molar-refractivity contribution < 1.29 is 18.7 Å². The van der Waals surface area contributed by atoms with Crippen LogP contribution in [0.15, 0.2) is 41.0 Å². The Morgan fingerprint density at radius 3 is 2.75 bits per heavy atom. The predicted molar refractivity (Wildman–Crippen MR) is 131 cm³/mol. The lowest BCUT2D eigenvalue weighted by atomic mass is 10.0. The second-order valence-electron chi connectivity index (χ2n) is 7.71. The zero-order valence-corrected chi connectivity index (χ0v) is 20.2. The lowest BCUT2D eigenvalue weighted by Gasteiger charge is -2.18. The Labute approximate surface area is 206 Å². The van der Waals surface area contributed by atoms with Gasteiger partial charge in [-0.05, 0) is 19.9 Å². The van der Waals surface area contributed by atoms with Crippen LogP contribution in [0, 0.1) is 18.6 Å². The minimum Gasteiger partial charge on any atom is -0.481 e. The number of hydrogen-bond acceptors (Lipinski definition) is 8. The number of thiazole rings is 1. The number of carboxylic acid groups (broad SMARTS) is 1. The largest absolute Gasteiger partial charge is 0.481 e. The van der Waals surface area contributed by atoms with Gasteiger partial charge in [0.15, 0.2) is 28.1 Å². The van der Waals surface area contributed by atoms with E-state index in [0.717, 1.165) is 6.07 Å². The predicted octanol–water partition coefficient (Wildman–Crippen LogP) is 4.33. The molecule has 1 unspecified atom stereocenters. The molecule has 0 spiro atoms. The van der Waals surface area contributed by atoms with Crippen LogP contribution in [0.2, 0.25) is 0 Å². The van der Waals surface area contributed by atoms with Crippen molar-refractivity contribution in [3.05, 3.63) is 69.6 Å². The Morgan fingerprint density at radius 1 is 1.28 bits per heavy atom. The molecule has 0 saturated carbocycles. The summed E-state index contributed by atoms with van der Waals surface area (Å²) < 4.78 is 30.1. The lowest BCUT2D eigenvalue weighted by Crippen LogP contribution is -2.23. The van der Waals surface area contributed by atoms with Crippen molar-refractivity contribution in [2.45, 2.75) is 33.2 Å². The fraction of sp³-hybridized carbons (Fsp3) is 0.217. The molecule has 3 N–H and O–H groups in total. The van der Waals surface area contributed by atoms with Gasteiger partial charge in [0.1, 0.15) is 11.8 Å². The van der Waals surface area contributed by atoms with Gasteiger partial charge >= 0.3 is 5.97 Å². The summed E-state index contributed by atoms with van der Waals surface area (Å²) in [7, 11) is 0. The van der Waals surface area contributed by atoms with Crippen LogP contribution in [-0.2, 0) is 4.79 Å². The standard InChI is InChI=1S/C20H15F2N7OS.C3H6O2/c1-9-6-31-20-28-15(10(2)27-18-16-17(24-7-23-16)25-8-26-18)13(19(30)29(9)20)11-4-3-5-12(21)14(11)22;1-2-3(4)5/h3-8,10H,1-2H3,(H2,23,24,25,26,27);2H2,1H3,(H,4,5). The lowest BCUT2D eigenvalue weighted by molar-refractivity contribution is -0.136. The molecule has 0 aliphatic carbocycles. The maximum absolute atomic E-state index is 14.7. The summed E-state index contributed by atoms with van der Waals surface area (Å²) in [6.07, 6.45) is 3.08. The summed E-state index contributed by atoms with van der Waals surface area (Å²) in [6, 6.07) is 3.18. The van der Waals surface area contributed by atoms with Gasteiger partial charge in [-0.15, -0.1) is 11.3 Å². The van der Waals surface area contributed by atoms with E-state index in [4.69, 9.17) is 5.11 Å². The Morgan fingerprint density at radius 2 is 2.03 bits per heavy atom. The summed E-state index contributed by atoms with van der Waals surface area (Å²) in [6.45, 7) is 5.13. The summed E-state index contributed by atoms with van der Waals surface area (Å²) in [5.41, 5.74) is 1.38. The van der Waals surface area contributed by atoms with E-state index < -0.39 is 29.2 Å². The molecule has 0 bridgehead atoms. The fourth-order valence-corrected chi connectivity index (χ4v) is 4.37. The molecule has 10 nitrogen and oxygen atoms in total. The van der Waals surface area contributed by atoms with Crippen LogP contribution >= 0.6 is 11.3 Å². The third kappa shape index (κ3) is 4.64. The first kappa shape index (κ1) is 24.9. The number of halogens is 2. The third-order valence-electron chi connectivity index (χ3n) is 5.28. The molecule has 0 aliphatic heterocycles. The van der Waals surface area contributed by atoms with Crippen LogP contribution in [-0.4, -0.2) is 40.4 Å². The van der Waals surface area contributed by atoms with E-state index in [1.54, 1.807) is 26.2 Å². The number of H-pyrrole nitrogens is 1. The number of aromatic amines is 1. The number of nitrogens with zero attached hydrogens (tertiary/aromatic N) is 5. The molecule has 0 radical (unpaired) electrons. The van der Waals surface area contributed by atoms with E-state index in [2.05, 4.69) is 30.2 Å². The second kappa shape index (κ2) is 10.2. The van der Waals surface area contributed by atoms with Crippen molar-refractivity contribution in [2.24, 2.45) is 0 Å². The molecule has 5 aromatic rings. The molecule has 0 saturated heterocycles. The number of hydrogen-bond donors (Lipinski definition) is 3. The fourth-order valence-electron chi connectivity index (χ4n) is 3.51. The molecule has 0 amide bonds. The van der Waals surface area contributed by atoms with E-state index in [0.29, 0.717) is 27.6 Å². The molecular formula is C23H21F2N7O3S. The number of anilines is 1. The molecule has 5 rings (SSSR count). The highest BCUT2D eigenvalue weighted by Gasteiger charge is 2.25. The van der Waals surface area contributed by atoms with Gasteiger partial charge in [-0.1, -0.05) is 19.1 Å².